The van der Waals surface area contributed by atoms with Crippen LogP contribution in [0.4, 0.5) is 0 Å². The molecule has 0 saturated carbocycles. The Kier molecular flexibility index (Phi) is 1.83. The second-order valence-electron chi connectivity index (χ2n) is 3.77. The monoisotopic (exact) mass is 220 g/mol. The molecule has 3 rings (SSSR count). The molecule has 2 heterocycles. The van der Waals surface area contributed by atoms with Crippen molar-refractivity contribution in [2.45, 2.75) is 19.3 Å². The zero-order chi connectivity index (χ0) is 10.4. The van der Waals surface area contributed by atoms with E-state index in [4.69, 9.17) is 11.6 Å². The average molecular weight is 221 g/mol. The highest BCUT2D eigenvalue weighted by Gasteiger charge is 2.17. The number of pyridine rings is 1. The Morgan fingerprint density at radius 1 is 1.33 bits per heavy atom. The van der Waals surface area contributed by atoms with E-state index in [1.807, 2.05) is 0 Å². The van der Waals surface area contributed by atoms with Crippen LogP contribution in [0, 0.1) is 0 Å². The first-order valence-electron chi connectivity index (χ1n) is 4.95. The summed E-state index contributed by atoms with van der Waals surface area (Å²) < 4.78 is 1.53. The maximum Gasteiger partial charge on any atom is 0.261 e. The van der Waals surface area contributed by atoms with Gasteiger partial charge < -0.3 is 0 Å². The number of fused-ring (bicyclic) bond motifs is 2. The van der Waals surface area contributed by atoms with E-state index in [-0.39, 0.29) is 5.56 Å². The Labute approximate surface area is 91.3 Å². The summed E-state index contributed by atoms with van der Waals surface area (Å²) in [4.78, 5) is 16.5. The Hall–Kier alpha value is -1.35. The Balaban J connectivity index is 2.47. The summed E-state index contributed by atoms with van der Waals surface area (Å²) >= 11 is 5.85. The van der Waals surface area contributed by atoms with Crippen molar-refractivity contribution >= 4 is 17.2 Å². The van der Waals surface area contributed by atoms with Crippen LogP contribution < -0.4 is 5.56 Å². The smallest absolute Gasteiger partial charge is 0.261 e. The first-order valence-corrected chi connectivity index (χ1v) is 5.33. The summed E-state index contributed by atoms with van der Waals surface area (Å²) in [7, 11) is 0. The molecule has 15 heavy (non-hydrogen) atoms. The summed E-state index contributed by atoms with van der Waals surface area (Å²) in [6, 6.07) is 3.53. The molecule has 0 aromatic carbocycles. The van der Waals surface area contributed by atoms with Gasteiger partial charge in [-0.05, 0) is 31.4 Å². The van der Waals surface area contributed by atoms with E-state index in [1.54, 1.807) is 18.3 Å². The fraction of sp³-hybridized carbons (Fsp3) is 0.273. The van der Waals surface area contributed by atoms with Gasteiger partial charge in [-0.15, -0.1) is 0 Å². The lowest BCUT2D eigenvalue weighted by Gasteiger charge is -2.03. The minimum Gasteiger partial charge on any atom is -0.269 e. The predicted molar refractivity (Wildman–Crippen MR) is 58.5 cm³/mol. The summed E-state index contributed by atoms with van der Waals surface area (Å²) in [5.74, 6) is 0. The molecule has 0 radical (unpaired) electrons. The van der Waals surface area contributed by atoms with Crippen molar-refractivity contribution in [1.29, 1.82) is 0 Å². The molecule has 0 bridgehead atoms. The van der Waals surface area contributed by atoms with Gasteiger partial charge in [-0.1, -0.05) is 11.6 Å². The standard InChI is InChI=1S/C11H9ClN2O/c12-7-4-5-10-13-9-3-1-2-8(9)11(15)14(10)6-7/h4-6H,1-3H2. The van der Waals surface area contributed by atoms with Gasteiger partial charge in [0.15, 0.2) is 0 Å². The normalized spacial score (nSPS) is 14.5. The van der Waals surface area contributed by atoms with E-state index >= 15 is 0 Å². The highest BCUT2D eigenvalue weighted by atomic mass is 35.5. The molecule has 3 nitrogen and oxygen atoms in total. The number of aryl methyl sites for hydroxylation is 1. The van der Waals surface area contributed by atoms with Crippen molar-refractivity contribution in [2.75, 3.05) is 0 Å². The van der Waals surface area contributed by atoms with Crippen LogP contribution in [0.2, 0.25) is 5.02 Å². The van der Waals surface area contributed by atoms with E-state index in [0.717, 1.165) is 30.5 Å². The lowest BCUT2D eigenvalue weighted by molar-refractivity contribution is 0.899. The molecule has 2 aromatic rings. The SMILES string of the molecule is O=c1c2c(nc3ccc(Cl)cn13)CCC2. The molecule has 0 atom stereocenters. The average Bonchev–Trinajstić information content (AvgIpc) is 2.68. The van der Waals surface area contributed by atoms with Gasteiger partial charge in [0.05, 0.1) is 10.7 Å². The summed E-state index contributed by atoms with van der Waals surface area (Å²) in [5, 5.41) is 0.560. The van der Waals surface area contributed by atoms with Crippen LogP contribution in [0.5, 0.6) is 0 Å². The number of hydrogen-bond acceptors (Lipinski definition) is 2. The topological polar surface area (TPSA) is 34.4 Å². The van der Waals surface area contributed by atoms with Crippen molar-refractivity contribution in [3.63, 3.8) is 0 Å². The molecule has 0 N–H and O–H groups in total. The van der Waals surface area contributed by atoms with Gasteiger partial charge in [-0.25, -0.2) is 4.98 Å². The zero-order valence-corrected chi connectivity index (χ0v) is 8.79. The molecular formula is C11H9ClN2O. The van der Waals surface area contributed by atoms with Gasteiger partial charge in [0, 0.05) is 11.8 Å². The lowest BCUT2D eigenvalue weighted by Crippen LogP contribution is -2.19. The molecule has 1 aliphatic carbocycles. The van der Waals surface area contributed by atoms with Crippen LogP contribution >= 0.6 is 11.6 Å². The maximum atomic E-state index is 12.0. The molecular weight excluding hydrogens is 212 g/mol. The molecule has 76 valence electrons. The number of rotatable bonds is 0. The van der Waals surface area contributed by atoms with Crippen molar-refractivity contribution in [3.05, 3.63) is 45.0 Å². The third-order valence-corrected chi connectivity index (χ3v) is 3.03. The second kappa shape index (κ2) is 3.07. The van der Waals surface area contributed by atoms with E-state index in [0.29, 0.717) is 10.7 Å². The quantitative estimate of drug-likeness (QED) is 0.679. The van der Waals surface area contributed by atoms with Crippen molar-refractivity contribution in [1.82, 2.24) is 9.38 Å². The van der Waals surface area contributed by atoms with Crippen LogP contribution in [-0.2, 0) is 12.8 Å². The van der Waals surface area contributed by atoms with E-state index < -0.39 is 0 Å². The van der Waals surface area contributed by atoms with Crippen LogP contribution in [0.25, 0.3) is 5.65 Å². The summed E-state index contributed by atoms with van der Waals surface area (Å²) in [6.07, 6.45) is 4.42. The molecule has 2 aromatic heterocycles. The molecule has 0 spiro atoms. The fourth-order valence-electron chi connectivity index (χ4n) is 2.09. The van der Waals surface area contributed by atoms with Gasteiger partial charge in [0.1, 0.15) is 5.65 Å². The third-order valence-electron chi connectivity index (χ3n) is 2.81. The minimum absolute atomic E-state index is 0.0370. The molecule has 0 saturated heterocycles. The van der Waals surface area contributed by atoms with Gasteiger partial charge >= 0.3 is 0 Å². The lowest BCUT2D eigenvalue weighted by atomic mass is 10.2. The number of nitrogens with zero attached hydrogens (tertiary/aromatic N) is 2. The first kappa shape index (κ1) is 8.92. The van der Waals surface area contributed by atoms with Crippen molar-refractivity contribution in [3.8, 4) is 0 Å². The van der Waals surface area contributed by atoms with Crippen molar-refractivity contribution < 1.29 is 0 Å². The van der Waals surface area contributed by atoms with Gasteiger partial charge in [-0.2, -0.15) is 0 Å². The fourth-order valence-corrected chi connectivity index (χ4v) is 2.25. The first-order chi connectivity index (χ1) is 7.25. The van der Waals surface area contributed by atoms with Crippen molar-refractivity contribution in [2.24, 2.45) is 0 Å². The van der Waals surface area contributed by atoms with E-state index in [2.05, 4.69) is 4.98 Å². The van der Waals surface area contributed by atoms with Crippen LogP contribution in [0.1, 0.15) is 17.7 Å². The van der Waals surface area contributed by atoms with Gasteiger partial charge in [0.25, 0.3) is 5.56 Å². The minimum atomic E-state index is 0.0370. The van der Waals surface area contributed by atoms with Crippen LogP contribution in [0.15, 0.2) is 23.1 Å². The summed E-state index contributed by atoms with van der Waals surface area (Å²) in [5.41, 5.74) is 2.54. The molecule has 0 aliphatic heterocycles. The van der Waals surface area contributed by atoms with Crippen LogP contribution in [-0.4, -0.2) is 9.38 Å². The van der Waals surface area contributed by atoms with Crippen LogP contribution in [0.3, 0.4) is 0 Å². The van der Waals surface area contributed by atoms with Gasteiger partial charge in [-0.3, -0.25) is 9.20 Å². The predicted octanol–water partition coefficient (Wildman–Crippen LogP) is 1.84. The number of halogens is 1. The second-order valence-corrected chi connectivity index (χ2v) is 4.21. The molecule has 4 heteroatoms. The zero-order valence-electron chi connectivity index (χ0n) is 8.03. The number of hydrogen-bond donors (Lipinski definition) is 0. The Morgan fingerprint density at radius 3 is 3.07 bits per heavy atom. The maximum absolute atomic E-state index is 12.0. The highest BCUT2D eigenvalue weighted by molar-refractivity contribution is 6.30. The Bertz CT molecular complexity index is 603. The molecule has 0 unspecified atom stereocenters. The molecule has 0 amide bonds. The number of aromatic nitrogens is 2. The molecule has 0 fully saturated rings. The Morgan fingerprint density at radius 2 is 2.20 bits per heavy atom. The molecule has 1 aliphatic rings. The van der Waals surface area contributed by atoms with E-state index in [1.165, 1.54) is 4.40 Å². The largest absolute Gasteiger partial charge is 0.269 e. The third kappa shape index (κ3) is 1.27. The summed E-state index contributed by atoms with van der Waals surface area (Å²) in [6.45, 7) is 0. The van der Waals surface area contributed by atoms with E-state index in [9.17, 15) is 4.79 Å². The van der Waals surface area contributed by atoms with Gasteiger partial charge in [0.2, 0.25) is 0 Å². The highest BCUT2D eigenvalue weighted by Crippen LogP contribution is 2.17.